The number of benzene rings is 1. The number of hydrogen-bond acceptors (Lipinski definition) is 2. The van der Waals surface area contributed by atoms with Crippen LogP contribution < -0.4 is 0 Å². The number of H-pyrrole nitrogens is 1. The Hall–Kier alpha value is -2.80. The molecule has 1 aromatic carbocycles. The predicted octanol–water partition coefficient (Wildman–Crippen LogP) is 3.70. The molecule has 0 amide bonds. The summed E-state index contributed by atoms with van der Waals surface area (Å²) < 4.78 is 0. The monoisotopic (exact) mass is 280 g/mol. The van der Waals surface area contributed by atoms with Crippen molar-refractivity contribution in [3.8, 4) is 6.07 Å². The van der Waals surface area contributed by atoms with E-state index in [2.05, 4.69) is 11.1 Å². The first kappa shape index (κ1) is 14.6. The van der Waals surface area contributed by atoms with Crippen LogP contribution >= 0.6 is 0 Å². The fourth-order valence-corrected chi connectivity index (χ4v) is 2.30. The molecule has 1 heterocycles. The van der Waals surface area contributed by atoms with Gasteiger partial charge in [-0.25, -0.2) is 4.79 Å². The number of aryl methyl sites for hydroxylation is 2. The van der Waals surface area contributed by atoms with E-state index < -0.39 is 5.97 Å². The van der Waals surface area contributed by atoms with Gasteiger partial charge in [0.05, 0.1) is 17.2 Å². The van der Waals surface area contributed by atoms with Crippen LogP contribution in [0, 0.1) is 32.1 Å². The van der Waals surface area contributed by atoms with Crippen molar-refractivity contribution in [3.05, 3.63) is 57.9 Å². The van der Waals surface area contributed by atoms with Gasteiger partial charge < -0.3 is 10.1 Å². The number of aromatic carboxylic acids is 1. The lowest BCUT2D eigenvalue weighted by Gasteiger charge is -2.00. The molecule has 4 nitrogen and oxygen atoms in total. The molecule has 0 saturated heterocycles. The summed E-state index contributed by atoms with van der Waals surface area (Å²) in [6, 6.07) is 9.81. The third-order valence-electron chi connectivity index (χ3n) is 3.46. The summed E-state index contributed by atoms with van der Waals surface area (Å²) in [7, 11) is 0. The Kier molecular flexibility index (Phi) is 3.95. The first-order chi connectivity index (χ1) is 9.93. The predicted molar refractivity (Wildman–Crippen MR) is 81.9 cm³/mol. The zero-order valence-corrected chi connectivity index (χ0v) is 12.2. The minimum absolute atomic E-state index is 0.266. The highest BCUT2D eigenvalue weighted by Crippen LogP contribution is 2.23. The van der Waals surface area contributed by atoms with E-state index in [-0.39, 0.29) is 5.56 Å². The topological polar surface area (TPSA) is 76.9 Å². The molecule has 2 rings (SSSR count). The second-order valence-electron chi connectivity index (χ2n) is 5.00. The molecular formula is C17H16N2O2. The maximum atomic E-state index is 11.2. The summed E-state index contributed by atoms with van der Waals surface area (Å²) in [5.74, 6) is -0.963. The highest BCUT2D eigenvalue weighted by Gasteiger charge is 2.16. The number of hydrogen-bond donors (Lipinski definition) is 2. The highest BCUT2D eigenvalue weighted by molar-refractivity contribution is 5.95. The van der Waals surface area contributed by atoms with Crippen molar-refractivity contribution in [2.45, 2.75) is 20.8 Å². The van der Waals surface area contributed by atoms with Gasteiger partial charge in [0, 0.05) is 11.4 Å². The van der Waals surface area contributed by atoms with Gasteiger partial charge in [-0.15, -0.1) is 0 Å². The zero-order chi connectivity index (χ0) is 15.6. The average Bonchev–Trinajstić information content (AvgIpc) is 2.71. The lowest BCUT2D eigenvalue weighted by molar-refractivity contribution is 0.0695. The Morgan fingerprint density at radius 2 is 1.86 bits per heavy atom. The molecule has 2 aromatic rings. The third-order valence-corrected chi connectivity index (χ3v) is 3.46. The standard InChI is InChI=1S/C17H16N2O2/c1-10-4-6-13(7-5-10)14(9-18)8-15-11(2)16(17(20)21)12(3)19-15/h4-8,19H,1-3H3,(H,20,21)/b14-8+. The van der Waals surface area contributed by atoms with Crippen LogP contribution in [0.3, 0.4) is 0 Å². The fraction of sp³-hybridized carbons (Fsp3) is 0.176. The van der Waals surface area contributed by atoms with Gasteiger partial charge in [0.2, 0.25) is 0 Å². The quantitative estimate of drug-likeness (QED) is 0.841. The van der Waals surface area contributed by atoms with Gasteiger partial charge in [-0.2, -0.15) is 5.26 Å². The molecule has 0 spiro atoms. The SMILES string of the molecule is Cc1ccc(/C(C#N)=C/c2[nH]c(C)c(C(=O)O)c2C)cc1. The van der Waals surface area contributed by atoms with E-state index >= 15 is 0 Å². The molecule has 0 aliphatic rings. The van der Waals surface area contributed by atoms with Gasteiger partial charge in [-0.05, 0) is 38.0 Å². The normalized spacial score (nSPS) is 11.2. The smallest absolute Gasteiger partial charge is 0.337 e. The van der Waals surface area contributed by atoms with Gasteiger partial charge in [-0.3, -0.25) is 0 Å². The van der Waals surface area contributed by atoms with Crippen molar-refractivity contribution in [1.29, 1.82) is 5.26 Å². The van der Waals surface area contributed by atoms with Crippen LogP contribution in [0.5, 0.6) is 0 Å². The highest BCUT2D eigenvalue weighted by atomic mass is 16.4. The van der Waals surface area contributed by atoms with Crippen LogP contribution in [-0.4, -0.2) is 16.1 Å². The van der Waals surface area contributed by atoms with Crippen LogP contribution in [-0.2, 0) is 0 Å². The van der Waals surface area contributed by atoms with Crippen LogP contribution in [0.15, 0.2) is 24.3 Å². The number of rotatable bonds is 3. The number of carbonyl (C=O) groups is 1. The van der Waals surface area contributed by atoms with E-state index in [1.54, 1.807) is 19.9 Å². The lowest BCUT2D eigenvalue weighted by Crippen LogP contribution is -1.98. The Morgan fingerprint density at radius 3 is 2.33 bits per heavy atom. The van der Waals surface area contributed by atoms with Gasteiger partial charge >= 0.3 is 5.97 Å². The number of aromatic amines is 1. The van der Waals surface area contributed by atoms with Crippen LogP contribution in [0.2, 0.25) is 0 Å². The number of allylic oxidation sites excluding steroid dienone is 1. The summed E-state index contributed by atoms with van der Waals surface area (Å²) in [6.07, 6.45) is 1.69. The minimum Gasteiger partial charge on any atom is -0.478 e. The molecule has 0 radical (unpaired) electrons. The van der Waals surface area contributed by atoms with Crippen molar-refractivity contribution in [1.82, 2.24) is 4.98 Å². The maximum Gasteiger partial charge on any atom is 0.337 e. The van der Waals surface area contributed by atoms with Crippen molar-refractivity contribution < 1.29 is 9.90 Å². The summed E-state index contributed by atoms with van der Waals surface area (Å²) >= 11 is 0. The molecule has 0 unspecified atom stereocenters. The van der Waals surface area contributed by atoms with Gasteiger partial charge in [0.15, 0.2) is 0 Å². The molecule has 0 atom stereocenters. The number of aromatic nitrogens is 1. The summed E-state index contributed by atoms with van der Waals surface area (Å²) in [5, 5.41) is 18.5. The van der Waals surface area contributed by atoms with Crippen molar-refractivity contribution >= 4 is 17.6 Å². The Labute approximate surface area is 123 Å². The number of nitrogens with one attached hydrogen (secondary N) is 1. The largest absolute Gasteiger partial charge is 0.478 e. The van der Waals surface area contributed by atoms with Crippen LogP contribution in [0.1, 0.15) is 38.4 Å². The lowest BCUT2D eigenvalue weighted by atomic mass is 10.0. The first-order valence-corrected chi connectivity index (χ1v) is 6.55. The summed E-state index contributed by atoms with van der Waals surface area (Å²) in [5.41, 5.74) is 4.58. The second-order valence-corrected chi connectivity index (χ2v) is 5.00. The zero-order valence-electron chi connectivity index (χ0n) is 12.2. The summed E-state index contributed by atoms with van der Waals surface area (Å²) in [4.78, 5) is 14.2. The van der Waals surface area contributed by atoms with Crippen molar-refractivity contribution in [3.63, 3.8) is 0 Å². The molecule has 0 aliphatic heterocycles. The fourth-order valence-electron chi connectivity index (χ4n) is 2.30. The van der Waals surface area contributed by atoms with Crippen molar-refractivity contribution in [2.75, 3.05) is 0 Å². The van der Waals surface area contributed by atoms with Gasteiger partial charge in [0.1, 0.15) is 0 Å². The Balaban J connectivity index is 2.51. The molecule has 0 saturated carbocycles. The minimum atomic E-state index is -0.963. The van der Waals surface area contributed by atoms with Gasteiger partial charge in [0.25, 0.3) is 0 Å². The molecular weight excluding hydrogens is 264 g/mol. The Morgan fingerprint density at radius 1 is 1.24 bits per heavy atom. The molecule has 0 fully saturated rings. The van der Waals surface area contributed by atoms with E-state index in [9.17, 15) is 15.2 Å². The number of carboxylic acid groups (broad SMARTS) is 1. The van der Waals surface area contributed by atoms with Crippen LogP contribution in [0.4, 0.5) is 0 Å². The van der Waals surface area contributed by atoms with E-state index in [0.29, 0.717) is 22.5 Å². The molecule has 2 N–H and O–H groups in total. The van der Waals surface area contributed by atoms with E-state index in [0.717, 1.165) is 11.1 Å². The molecule has 0 bridgehead atoms. The van der Waals surface area contributed by atoms with E-state index in [1.165, 1.54) is 0 Å². The molecule has 4 heteroatoms. The number of carboxylic acids is 1. The second kappa shape index (κ2) is 5.68. The molecule has 106 valence electrons. The van der Waals surface area contributed by atoms with Crippen LogP contribution in [0.25, 0.3) is 11.6 Å². The molecule has 0 aliphatic carbocycles. The molecule has 21 heavy (non-hydrogen) atoms. The average molecular weight is 280 g/mol. The van der Waals surface area contributed by atoms with Gasteiger partial charge in [-0.1, -0.05) is 29.8 Å². The van der Waals surface area contributed by atoms with E-state index in [4.69, 9.17) is 0 Å². The number of nitrogens with zero attached hydrogens (tertiary/aromatic N) is 1. The maximum absolute atomic E-state index is 11.2. The number of nitriles is 1. The third kappa shape index (κ3) is 2.87. The van der Waals surface area contributed by atoms with Crippen molar-refractivity contribution in [2.24, 2.45) is 0 Å². The first-order valence-electron chi connectivity index (χ1n) is 6.55. The molecule has 1 aromatic heterocycles. The Bertz CT molecular complexity index is 759. The summed E-state index contributed by atoms with van der Waals surface area (Å²) in [6.45, 7) is 5.44. The van der Waals surface area contributed by atoms with E-state index in [1.807, 2.05) is 31.2 Å².